The molecule has 2 aromatic heterocycles. The largest absolute Gasteiger partial charge is 0.370 e. The zero-order valence-electron chi connectivity index (χ0n) is 13.0. The minimum Gasteiger partial charge on any atom is -0.370 e. The number of aromatic nitrogens is 3. The van der Waals surface area contributed by atoms with Gasteiger partial charge in [0.15, 0.2) is 11.0 Å². The number of halogens is 2. The number of nitrogens with zero attached hydrogens (tertiary/aromatic N) is 3. The third-order valence-electron chi connectivity index (χ3n) is 3.45. The number of thiophene rings is 1. The summed E-state index contributed by atoms with van der Waals surface area (Å²) in [6.45, 7) is 0.425. The molecule has 0 fully saturated rings. The highest BCUT2D eigenvalue weighted by molar-refractivity contribution is 7.98. The van der Waals surface area contributed by atoms with Crippen molar-refractivity contribution in [2.75, 3.05) is 0 Å². The minimum atomic E-state index is -0.365. The molecular formula is C16H14Cl2N4OS2. The lowest BCUT2D eigenvalue weighted by Gasteiger charge is -2.09. The maximum atomic E-state index is 11.2. The molecule has 3 rings (SSSR count). The van der Waals surface area contributed by atoms with E-state index in [2.05, 4.69) is 10.2 Å². The summed E-state index contributed by atoms with van der Waals surface area (Å²) >= 11 is 15.5. The average Bonchev–Trinajstić information content (AvgIpc) is 3.21. The van der Waals surface area contributed by atoms with Crippen molar-refractivity contribution in [2.45, 2.75) is 23.9 Å². The Labute approximate surface area is 163 Å². The van der Waals surface area contributed by atoms with Crippen LogP contribution in [0, 0.1) is 0 Å². The summed E-state index contributed by atoms with van der Waals surface area (Å²) < 4.78 is 1.91. The molecule has 0 aliphatic carbocycles. The summed E-state index contributed by atoms with van der Waals surface area (Å²) in [6.07, 6.45) is 0.219. The Morgan fingerprint density at radius 1 is 1.20 bits per heavy atom. The SMILES string of the molecule is NC(=O)CCn1c(SCc2c(Cl)cccc2Cl)nnc1-c1cccs1. The van der Waals surface area contributed by atoms with Gasteiger partial charge in [0.2, 0.25) is 5.91 Å². The van der Waals surface area contributed by atoms with E-state index in [1.165, 1.54) is 11.8 Å². The molecule has 1 amide bonds. The van der Waals surface area contributed by atoms with Crippen LogP contribution in [0.5, 0.6) is 0 Å². The van der Waals surface area contributed by atoms with Crippen LogP contribution in [0.15, 0.2) is 40.9 Å². The third kappa shape index (κ3) is 4.36. The van der Waals surface area contributed by atoms with Crippen LogP contribution >= 0.6 is 46.3 Å². The number of thioether (sulfide) groups is 1. The number of nitrogens with two attached hydrogens (primary N) is 1. The molecule has 0 saturated heterocycles. The van der Waals surface area contributed by atoms with Gasteiger partial charge in [0.25, 0.3) is 0 Å². The van der Waals surface area contributed by atoms with Gasteiger partial charge in [0, 0.05) is 28.8 Å². The van der Waals surface area contributed by atoms with Gasteiger partial charge in [-0.15, -0.1) is 21.5 Å². The molecule has 0 radical (unpaired) electrons. The second kappa shape index (κ2) is 8.23. The Hall–Kier alpha value is -1.54. The highest BCUT2D eigenvalue weighted by atomic mass is 35.5. The molecule has 5 nitrogen and oxygen atoms in total. The van der Waals surface area contributed by atoms with Crippen LogP contribution in [-0.4, -0.2) is 20.7 Å². The lowest BCUT2D eigenvalue weighted by atomic mass is 10.2. The highest BCUT2D eigenvalue weighted by Gasteiger charge is 2.17. The molecule has 0 unspecified atom stereocenters. The van der Waals surface area contributed by atoms with Gasteiger partial charge in [-0.1, -0.05) is 47.1 Å². The van der Waals surface area contributed by atoms with Crippen LogP contribution in [0.1, 0.15) is 12.0 Å². The van der Waals surface area contributed by atoms with E-state index in [1.807, 2.05) is 28.1 Å². The van der Waals surface area contributed by atoms with E-state index in [0.717, 1.165) is 16.3 Å². The molecule has 0 bridgehead atoms. The minimum absolute atomic E-state index is 0.219. The molecule has 0 saturated carbocycles. The first-order valence-corrected chi connectivity index (χ1v) is 9.99. The van der Waals surface area contributed by atoms with Crippen molar-refractivity contribution in [3.05, 3.63) is 51.3 Å². The molecule has 2 N–H and O–H groups in total. The Bertz CT molecular complexity index is 860. The van der Waals surface area contributed by atoms with Gasteiger partial charge in [0.1, 0.15) is 0 Å². The Morgan fingerprint density at radius 3 is 2.60 bits per heavy atom. The number of benzene rings is 1. The number of carbonyl (C=O) groups is 1. The maximum absolute atomic E-state index is 11.2. The fraction of sp³-hybridized carbons (Fsp3) is 0.188. The smallest absolute Gasteiger partial charge is 0.219 e. The summed E-state index contributed by atoms with van der Waals surface area (Å²) in [5.41, 5.74) is 6.15. The van der Waals surface area contributed by atoms with E-state index in [9.17, 15) is 4.79 Å². The standard InChI is InChI=1S/C16H14Cl2N4OS2/c17-11-3-1-4-12(18)10(11)9-25-16-21-20-15(13-5-2-8-24-13)22(16)7-6-14(19)23/h1-5,8H,6-7,9H2,(H2,19,23). The molecule has 9 heteroatoms. The van der Waals surface area contributed by atoms with Crippen LogP contribution in [0.3, 0.4) is 0 Å². The lowest BCUT2D eigenvalue weighted by Crippen LogP contribution is -2.14. The Balaban J connectivity index is 1.86. The fourth-order valence-corrected chi connectivity index (χ4v) is 4.64. The third-order valence-corrected chi connectivity index (χ3v) is 6.01. The normalized spacial score (nSPS) is 11.0. The quantitative estimate of drug-likeness (QED) is 0.580. The van der Waals surface area contributed by atoms with Crippen molar-refractivity contribution in [3.63, 3.8) is 0 Å². The van der Waals surface area contributed by atoms with Crippen molar-refractivity contribution < 1.29 is 4.79 Å². The van der Waals surface area contributed by atoms with Gasteiger partial charge in [-0.3, -0.25) is 4.79 Å². The zero-order valence-corrected chi connectivity index (χ0v) is 16.1. The van der Waals surface area contributed by atoms with Crippen molar-refractivity contribution in [3.8, 4) is 10.7 Å². The molecule has 25 heavy (non-hydrogen) atoms. The second-order valence-electron chi connectivity index (χ2n) is 5.14. The number of amides is 1. The summed E-state index contributed by atoms with van der Waals surface area (Å²) in [5, 5.41) is 12.4. The fourth-order valence-electron chi connectivity index (χ4n) is 2.21. The van der Waals surface area contributed by atoms with E-state index >= 15 is 0 Å². The predicted octanol–water partition coefficient (Wildman–Crippen LogP) is 4.48. The molecule has 0 aliphatic heterocycles. The first-order valence-electron chi connectivity index (χ1n) is 7.37. The van der Waals surface area contributed by atoms with Gasteiger partial charge in [-0.2, -0.15) is 0 Å². The predicted molar refractivity (Wildman–Crippen MR) is 103 cm³/mol. The van der Waals surface area contributed by atoms with E-state index < -0.39 is 0 Å². The van der Waals surface area contributed by atoms with Crippen LogP contribution in [-0.2, 0) is 17.1 Å². The molecule has 3 aromatic rings. The van der Waals surface area contributed by atoms with Crippen molar-refractivity contribution in [2.24, 2.45) is 5.73 Å². The van der Waals surface area contributed by atoms with Crippen molar-refractivity contribution in [1.29, 1.82) is 0 Å². The van der Waals surface area contributed by atoms with Gasteiger partial charge >= 0.3 is 0 Å². The van der Waals surface area contributed by atoms with E-state index in [0.29, 0.717) is 27.5 Å². The van der Waals surface area contributed by atoms with Crippen LogP contribution < -0.4 is 5.73 Å². The lowest BCUT2D eigenvalue weighted by molar-refractivity contribution is -0.118. The molecule has 1 aromatic carbocycles. The number of primary amides is 1. The van der Waals surface area contributed by atoms with Gasteiger partial charge < -0.3 is 10.3 Å². The monoisotopic (exact) mass is 412 g/mol. The summed E-state index contributed by atoms with van der Waals surface area (Å²) in [7, 11) is 0. The summed E-state index contributed by atoms with van der Waals surface area (Å²) in [4.78, 5) is 12.2. The topological polar surface area (TPSA) is 73.8 Å². The van der Waals surface area contributed by atoms with Crippen LogP contribution in [0.4, 0.5) is 0 Å². The number of rotatable bonds is 7. The molecule has 2 heterocycles. The van der Waals surface area contributed by atoms with E-state index in [4.69, 9.17) is 28.9 Å². The summed E-state index contributed by atoms with van der Waals surface area (Å²) in [5.74, 6) is 0.914. The summed E-state index contributed by atoms with van der Waals surface area (Å²) in [6, 6.07) is 9.33. The molecule has 130 valence electrons. The van der Waals surface area contributed by atoms with Gasteiger partial charge in [0.05, 0.1) is 4.88 Å². The van der Waals surface area contributed by atoms with Crippen molar-refractivity contribution >= 4 is 52.2 Å². The van der Waals surface area contributed by atoms with Gasteiger partial charge in [-0.25, -0.2) is 0 Å². The van der Waals surface area contributed by atoms with E-state index in [1.54, 1.807) is 23.5 Å². The first kappa shape index (κ1) is 18.3. The Morgan fingerprint density at radius 2 is 1.96 bits per heavy atom. The molecule has 0 aliphatic rings. The van der Waals surface area contributed by atoms with Crippen LogP contribution in [0.25, 0.3) is 10.7 Å². The van der Waals surface area contributed by atoms with Crippen molar-refractivity contribution in [1.82, 2.24) is 14.8 Å². The Kier molecular flexibility index (Phi) is 6.01. The second-order valence-corrected chi connectivity index (χ2v) is 7.84. The number of hydrogen-bond donors (Lipinski definition) is 1. The maximum Gasteiger partial charge on any atom is 0.219 e. The van der Waals surface area contributed by atoms with Gasteiger partial charge in [-0.05, 0) is 29.1 Å². The van der Waals surface area contributed by atoms with Crippen LogP contribution in [0.2, 0.25) is 10.0 Å². The highest BCUT2D eigenvalue weighted by Crippen LogP contribution is 2.33. The average molecular weight is 413 g/mol. The zero-order chi connectivity index (χ0) is 17.8. The number of hydrogen-bond acceptors (Lipinski definition) is 5. The number of carbonyl (C=O) groups excluding carboxylic acids is 1. The molecular weight excluding hydrogens is 399 g/mol. The first-order chi connectivity index (χ1) is 12.1. The molecule has 0 atom stereocenters. The van der Waals surface area contributed by atoms with E-state index in [-0.39, 0.29) is 12.3 Å². The molecule has 0 spiro atoms.